The van der Waals surface area contributed by atoms with Crippen molar-refractivity contribution in [2.45, 2.75) is 26.3 Å². The van der Waals surface area contributed by atoms with E-state index in [-0.39, 0.29) is 5.82 Å². The minimum atomic E-state index is -0.336. The van der Waals surface area contributed by atoms with Crippen LogP contribution in [0.4, 0.5) is 4.39 Å². The highest BCUT2D eigenvalue weighted by atomic mass is 19.1. The summed E-state index contributed by atoms with van der Waals surface area (Å²) >= 11 is 0. The number of halogens is 1. The summed E-state index contributed by atoms with van der Waals surface area (Å²) in [5.41, 5.74) is 1.29. The summed E-state index contributed by atoms with van der Waals surface area (Å²) in [6, 6.07) is 9.74. The van der Waals surface area contributed by atoms with Gasteiger partial charge in [-0.1, -0.05) is 12.1 Å². The highest BCUT2D eigenvalue weighted by Crippen LogP contribution is 2.38. The summed E-state index contributed by atoms with van der Waals surface area (Å²) in [6.07, 6.45) is 4.04. The van der Waals surface area contributed by atoms with Crippen molar-refractivity contribution in [2.75, 3.05) is 32.8 Å². The summed E-state index contributed by atoms with van der Waals surface area (Å²) in [6.45, 7) is 7.19. The zero-order valence-electron chi connectivity index (χ0n) is 16.7. The van der Waals surface area contributed by atoms with E-state index in [1.54, 1.807) is 24.4 Å². The number of aliphatic imine (C=N–C) groups is 1. The molecular formula is C22H27FN4O2. The van der Waals surface area contributed by atoms with Gasteiger partial charge in [-0.25, -0.2) is 14.4 Å². The highest BCUT2D eigenvalue weighted by molar-refractivity contribution is 5.80. The summed E-state index contributed by atoms with van der Waals surface area (Å²) in [7, 11) is 0. The Bertz CT molecular complexity index is 850. The Labute approximate surface area is 170 Å². The van der Waals surface area contributed by atoms with E-state index in [0.717, 1.165) is 57.2 Å². The number of hydrogen-bond donors (Lipinski definition) is 1. The Morgan fingerprint density at radius 3 is 3.00 bits per heavy atom. The minimum Gasteiger partial charge on any atom is -0.439 e. The fourth-order valence-corrected chi connectivity index (χ4v) is 3.90. The fraction of sp³-hybridized carbons (Fsp3) is 0.455. The second-order valence-electron chi connectivity index (χ2n) is 7.71. The zero-order chi connectivity index (χ0) is 20.1. The maximum absolute atomic E-state index is 13.3. The van der Waals surface area contributed by atoms with Crippen molar-refractivity contribution in [1.29, 1.82) is 0 Å². The zero-order valence-corrected chi connectivity index (χ0v) is 16.7. The molecule has 1 N–H and O–H groups in total. The average Bonchev–Trinajstić information content (AvgIpc) is 3.36. The van der Waals surface area contributed by atoms with Gasteiger partial charge in [0.2, 0.25) is 5.88 Å². The van der Waals surface area contributed by atoms with E-state index in [4.69, 9.17) is 14.5 Å². The SMILES string of the molecule is CCNC(=NCc1ccc(Oc2cccc(F)c2)nc1)N1CCC2(CCOC2)C1. The molecule has 2 aliphatic heterocycles. The van der Waals surface area contributed by atoms with Crippen molar-refractivity contribution in [2.24, 2.45) is 10.4 Å². The van der Waals surface area contributed by atoms with Crippen LogP contribution in [0.2, 0.25) is 0 Å². The fourth-order valence-electron chi connectivity index (χ4n) is 3.90. The molecule has 0 saturated carbocycles. The maximum atomic E-state index is 13.3. The van der Waals surface area contributed by atoms with Crippen molar-refractivity contribution < 1.29 is 13.9 Å². The summed E-state index contributed by atoms with van der Waals surface area (Å²) in [5, 5.41) is 3.41. The Balaban J connectivity index is 1.38. The molecule has 0 aliphatic carbocycles. The average molecular weight is 398 g/mol. The van der Waals surface area contributed by atoms with Gasteiger partial charge in [0, 0.05) is 50.0 Å². The molecule has 0 radical (unpaired) electrons. The number of ether oxygens (including phenoxy) is 2. The number of guanidine groups is 1. The van der Waals surface area contributed by atoms with E-state index < -0.39 is 0 Å². The van der Waals surface area contributed by atoms with E-state index in [9.17, 15) is 4.39 Å². The van der Waals surface area contributed by atoms with Crippen molar-refractivity contribution in [1.82, 2.24) is 15.2 Å². The number of rotatable bonds is 5. The van der Waals surface area contributed by atoms with E-state index in [1.807, 2.05) is 6.07 Å². The van der Waals surface area contributed by atoms with Crippen LogP contribution in [0.5, 0.6) is 11.6 Å². The highest BCUT2D eigenvalue weighted by Gasteiger charge is 2.42. The van der Waals surface area contributed by atoms with Crippen LogP contribution in [0, 0.1) is 11.2 Å². The van der Waals surface area contributed by atoms with E-state index in [1.165, 1.54) is 12.1 Å². The van der Waals surface area contributed by atoms with Gasteiger partial charge in [0.05, 0.1) is 13.2 Å². The van der Waals surface area contributed by atoms with Gasteiger partial charge in [-0.05, 0) is 37.5 Å². The number of likely N-dealkylation sites (tertiary alicyclic amines) is 1. The molecule has 4 rings (SSSR count). The third kappa shape index (κ3) is 4.85. The van der Waals surface area contributed by atoms with E-state index in [0.29, 0.717) is 23.6 Å². The molecule has 29 heavy (non-hydrogen) atoms. The molecule has 0 amide bonds. The second-order valence-corrected chi connectivity index (χ2v) is 7.71. The third-order valence-electron chi connectivity index (χ3n) is 5.49. The second kappa shape index (κ2) is 8.78. The molecule has 1 aromatic carbocycles. The normalized spacial score (nSPS) is 21.7. The van der Waals surface area contributed by atoms with Gasteiger partial charge in [0.25, 0.3) is 0 Å². The van der Waals surface area contributed by atoms with Crippen molar-refractivity contribution in [3.8, 4) is 11.6 Å². The quantitative estimate of drug-likeness (QED) is 0.616. The molecule has 1 unspecified atom stereocenters. The van der Waals surface area contributed by atoms with Crippen LogP contribution in [0.3, 0.4) is 0 Å². The predicted molar refractivity (Wildman–Crippen MR) is 110 cm³/mol. The van der Waals surface area contributed by atoms with Crippen molar-refractivity contribution >= 4 is 5.96 Å². The minimum absolute atomic E-state index is 0.299. The molecule has 1 spiro atoms. The standard InChI is InChI=1S/C22H27FN4O2/c1-2-24-21(27-10-8-22(15-27)9-11-28-16-22)26-14-17-6-7-20(25-13-17)29-19-5-3-4-18(23)12-19/h3-7,12-13H,2,8-11,14-16H2,1H3,(H,24,26). The third-order valence-corrected chi connectivity index (χ3v) is 5.49. The van der Waals surface area contributed by atoms with Crippen LogP contribution < -0.4 is 10.1 Å². The molecule has 6 nitrogen and oxygen atoms in total. The summed E-state index contributed by atoms with van der Waals surface area (Å²) < 4.78 is 24.5. The summed E-state index contributed by atoms with van der Waals surface area (Å²) in [5.74, 6) is 1.46. The molecule has 1 aromatic heterocycles. The number of pyridine rings is 1. The van der Waals surface area contributed by atoms with Crippen LogP contribution in [-0.2, 0) is 11.3 Å². The number of hydrogen-bond acceptors (Lipinski definition) is 4. The van der Waals surface area contributed by atoms with Gasteiger partial charge in [0.15, 0.2) is 5.96 Å². The van der Waals surface area contributed by atoms with Gasteiger partial charge in [-0.15, -0.1) is 0 Å². The van der Waals surface area contributed by atoms with E-state index in [2.05, 4.69) is 22.1 Å². The van der Waals surface area contributed by atoms with Crippen LogP contribution in [0.25, 0.3) is 0 Å². The Morgan fingerprint density at radius 2 is 2.28 bits per heavy atom. The van der Waals surface area contributed by atoms with Gasteiger partial charge >= 0.3 is 0 Å². The lowest BCUT2D eigenvalue weighted by molar-refractivity contribution is 0.156. The van der Waals surface area contributed by atoms with Gasteiger partial charge in [-0.3, -0.25) is 0 Å². The molecule has 154 valence electrons. The monoisotopic (exact) mass is 398 g/mol. The van der Waals surface area contributed by atoms with Crippen molar-refractivity contribution in [3.63, 3.8) is 0 Å². The van der Waals surface area contributed by atoms with Gasteiger partial charge in [0.1, 0.15) is 11.6 Å². The van der Waals surface area contributed by atoms with Crippen LogP contribution in [0.1, 0.15) is 25.3 Å². The number of nitrogens with zero attached hydrogens (tertiary/aromatic N) is 3. The van der Waals surface area contributed by atoms with Gasteiger partial charge < -0.3 is 19.7 Å². The largest absolute Gasteiger partial charge is 0.439 e. The number of nitrogens with one attached hydrogen (secondary N) is 1. The number of aromatic nitrogens is 1. The lowest BCUT2D eigenvalue weighted by atomic mass is 9.87. The molecule has 3 heterocycles. The van der Waals surface area contributed by atoms with Crippen LogP contribution in [0.15, 0.2) is 47.6 Å². The molecule has 1 atom stereocenters. The molecule has 2 saturated heterocycles. The first-order chi connectivity index (χ1) is 14.2. The molecular weight excluding hydrogens is 371 g/mol. The Morgan fingerprint density at radius 1 is 1.34 bits per heavy atom. The van der Waals surface area contributed by atoms with Crippen LogP contribution >= 0.6 is 0 Å². The Kier molecular flexibility index (Phi) is 5.94. The smallest absolute Gasteiger partial charge is 0.219 e. The topological polar surface area (TPSA) is 59.0 Å². The first-order valence-electron chi connectivity index (χ1n) is 10.2. The maximum Gasteiger partial charge on any atom is 0.219 e. The van der Waals surface area contributed by atoms with Crippen molar-refractivity contribution in [3.05, 3.63) is 54.0 Å². The molecule has 7 heteroatoms. The first-order valence-corrected chi connectivity index (χ1v) is 10.2. The lowest BCUT2D eigenvalue weighted by Gasteiger charge is -2.25. The molecule has 2 aromatic rings. The lowest BCUT2D eigenvalue weighted by Crippen LogP contribution is -2.41. The predicted octanol–water partition coefficient (Wildman–Crippen LogP) is 3.59. The molecule has 2 fully saturated rings. The first kappa shape index (κ1) is 19.6. The Hall–Kier alpha value is -2.67. The van der Waals surface area contributed by atoms with Gasteiger partial charge in [-0.2, -0.15) is 0 Å². The number of benzene rings is 1. The summed E-state index contributed by atoms with van der Waals surface area (Å²) in [4.78, 5) is 11.5. The van der Waals surface area contributed by atoms with E-state index >= 15 is 0 Å². The molecule has 0 bridgehead atoms. The molecule has 2 aliphatic rings. The van der Waals surface area contributed by atoms with Crippen LogP contribution in [-0.4, -0.2) is 48.7 Å².